The number of aryl methyl sites for hydroxylation is 2. The largest absolute Gasteiger partial charge is 0.360 e. The molecule has 0 fully saturated rings. The van der Waals surface area contributed by atoms with Gasteiger partial charge in [-0.1, -0.05) is 65.3 Å². The molecule has 1 aromatic heterocycles. The zero-order chi connectivity index (χ0) is 15.4. The number of hydrogen-bond acceptors (Lipinski definition) is 3. The maximum absolute atomic E-state index is 5.29. The van der Waals surface area contributed by atoms with E-state index < -0.39 is 0 Å². The van der Waals surface area contributed by atoms with Crippen LogP contribution in [-0.4, -0.2) is 5.16 Å². The lowest BCUT2D eigenvalue weighted by atomic mass is 9.98. The van der Waals surface area contributed by atoms with Crippen molar-refractivity contribution in [1.82, 2.24) is 10.5 Å². The molecule has 3 nitrogen and oxygen atoms in total. The Morgan fingerprint density at radius 1 is 0.955 bits per heavy atom. The number of benzene rings is 2. The number of aromatic nitrogens is 1. The maximum Gasteiger partial charge on any atom is 0.150 e. The molecule has 0 amide bonds. The first-order valence-electron chi connectivity index (χ1n) is 7.49. The van der Waals surface area contributed by atoms with Crippen molar-refractivity contribution < 1.29 is 4.52 Å². The number of hydrogen-bond donors (Lipinski definition) is 1. The van der Waals surface area contributed by atoms with E-state index >= 15 is 0 Å². The normalized spacial score (nSPS) is 12.3. The van der Waals surface area contributed by atoms with E-state index in [1.165, 1.54) is 16.7 Å². The fourth-order valence-corrected chi connectivity index (χ4v) is 2.53. The molecule has 0 saturated carbocycles. The minimum atomic E-state index is 0.132. The summed E-state index contributed by atoms with van der Waals surface area (Å²) in [7, 11) is 0. The van der Waals surface area contributed by atoms with Crippen LogP contribution < -0.4 is 5.32 Å². The van der Waals surface area contributed by atoms with Crippen LogP contribution in [0, 0.1) is 13.8 Å². The van der Waals surface area contributed by atoms with Gasteiger partial charge in [0.05, 0.1) is 18.3 Å². The smallest absolute Gasteiger partial charge is 0.150 e. The molecular formula is C19H20N2O. The lowest BCUT2D eigenvalue weighted by molar-refractivity contribution is 0.365. The summed E-state index contributed by atoms with van der Waals surface area (Å²) in [6.07, 6.45) is 0. The Morgan fingerprint density at radius 2 is 1.64 bits per heavy atom. The summed E-state index contributed by atoms with van der Waals surface area (Å²) in [5.74, 6) is 0.852. The fraction of sp³-hybridized carbons (Fsp3) is 0.211. The predicted molar refractivity (Wildman–Crippen MR) is 87.5 cm³/mol. The molecule has 3 rings (SSSR count). The second-order valence-corrected chi connectivity index (χ2v) is 5.57. The minimum absolute atomic E-state index is 0.132. The summed E-state index contributed by atoms with van der Waals surface area (Å²) in [4.78, 5) is 0. The van der Waals surface area contributed by atoms with E-state index in [2.05, 4.69) is 65.9 Å². The number of nitrogens with one attached hydrogen (secondary N) is 1. The summed E-state index contributed by atoms with van der Waals surface area (Å²) in [6.45, 7) is 4.68. The van der Waals surface area contributed by atoms with E-state index in [4.69, 9.17) is 4.52 Å². The van der Waals surface area contributed by atoms with Crippen LogP contribution in [0.5, 0.6) is 0 Å². The van der Waals surface area contributed by atoms with E-state index in [1.54, 1.807) is 0 Å². The molecule has 0 saturated heterocycles. The Labute approximate surface area is 131 Å². The molecular weight excluding hydrogens is 272 g/mol. The molecule has 0 aliphatic rings. The van der Waals surface area contributed by atoms with Crippen LogP contribution in [0.25, 0.3) is 0 Å². The monoisotopic (exact) mass is 292 g/mol. The average molecular weight is 292 g/mol. The molecule has 3 heteroatoms. The minimum Gasteiger partial charge on any atom is -0.360 e. The highest BCUT2D eigenvalue weighted by atomic mass is 16.5. The Kier molecular flexibility index (Phi) is 4.35. The molecule has 0 radical (unpaired) electrons. The second-order valence-electron chi connectivity index (χ2n) is 5.57. The van der Waals surface area contributed by atoms with Gasteiger partial charge in [0.1, 0.15) is 0 Å². The SMILES string of the molecule is Cc1ccc(C(NCc2cc(C)no2)c2ccccc2)cc1. The van der Waals surface area contributed by atoms with Gasteiger partial charge < -0.3 is 4.52 Å². The van der Waals surface area contributed by atoms with Crippen LogP contribution in [0.1, 0.15) is 34.2 Å². The fourth-order valence-electron chi connectivity index (χ4n) is 2.53. The van der Waals surface area contributed by atoms with Crippen LogP contribution in [0.2, 0.25) is 0 Å². The third-order valence-corrected chi connectivity index (χ3v) is 3.70. The average Bonchev–Trinajstić information content (AvgIpc) is 2.96. The molecule has 0 aliphatic carbocycles. The summed E-state index contributed by atoms with van der Waals surface area (Å²) < 4.78 is 5.29. The molecule has 3 aromatic rings. The number of rotatable bonds is 5. The summed E-state index contributed by atoms with van der Waals surface area (Å²) in [5.41, 5.74) is 4.65. The molecule has 22 heavy (non-hydrogen) atoms. The molecule has 0 aliphatic heterocycles. The Hall–Kier alpha value is -2.39. The quantitative estimate of drug-likeness (QED) is 0.767. The summed E-state index contributed by atoms with van der Waals surface area (Å²) in [5, 5.41) is 7.50. The highest BCUT2D eigenvalue weighted by molar-refractivity contribution is 5.33. The zero-order valence-electron chi connectivity index (χ0n) is 12.9. The van der Waals surface area contributed by atoms with Crippen molar-refractivity contribution in [2.24, 2.45) is 0 Å². The maximum atomic E-state index is 5.29. The van der Waals surface area contributed by atoms with E-state index in [-0.39, 0.29) is 6.04 Å². The standard InChI is InChI=1S/C19H20N2O/c1-14-8-10-17(11-9-14)19(16-6-4-3-5-7-16)20-13-18-12-15(2)21-22-18/h3-12,19-20H,13H2,1-2H3. The summed E-state index contributed by atoms with van der Waals surface area (Å²) in [6, 6.07) is 21.2. The predicted octanol–water partition coefficient (Wildman–Crippen LogP) is 4.17. The molecule has 1 heterocycles. The Balaban J connectivity index is 1.84. The molecule has 112 valence electrons. The highest BCUT2D eigenvalue weighted by Crippen LogP contribution is 2.23. The van der Waals surface area contributed by atoms with Gasteiger partial charge in [0.25, 0.3) is 0 Å². The second kappa shape index (κ2) is 6.58. The van der Waals surface area contributed by atoms with Gasteiger partial charge in [0.2, 0.25) is 0 Å². The lowest BCUT2D eigenvalue weighted by Crippen LogP contribution is -2.21. The molecule has 1 N–H and O–H groups in total. The van der Waals surface area contributed by atoms with Gasteiger partial charge in [-0.3, -0.25) is 5.32 Å². The van der Waals surface area contributed by atoms with E-state index in [1.807, 2.05) is 19.1 Å². The van der Waals surface area contributed by atoms with E-state index in [9.17, 15) is 0 Å². The van der Waals surface area contributed by atoms with Crippen molar-refractivity contribution in [3.63, 3.8) is 0 Å². The highest BCUT2D eigenvalue weighted by Gasteiger charge is 2.14. The van der Waals surface area contributed by atoms with Crippen LogP contribution in [0.15, 0.2) is 65.2 Å². The lowest BCUT2D eigenvalue weighted by Gasteiger charge is -2.19. The van der Waals surface area contributed by atoms with Crippen molar-refractivity contribution in [2.45, 2.75) is 26.4 Å². The summed E-state index contributed by atoms with van der Waals surface area (Å²) >= 11 is 0. The van der Waals surface area contributed by atoms with Gasteiger partial charge in [-0.05, 0) is 25.0 Å². The first-order valence-corrected chi connectivity index (χ1v) is 7.49. The molecule has 0 bridgehead atoms. The zero-order valence-corrected chi connectivity index (χ0v) is 12.9. The third kappa shape index (κ3) is 3.43. The van der Waals surface area contributed by atoms with Crippen LogP contribution in [0.3, 0.4) is 0 Å². The first-order chi connectivity index (χ1) is 10.7. The van der Waals surface area contributed by atoms with Crippen molar-refractivity contribution in [3.05, 3.63) is 88.8 Å². The van der Waals surface area contributed by atoms with Crippen LogP contribution in [-0.2, 0) is 6.54 Å². The first kappa shape index (κ1) is 14.5. The van der Waals surface area contributed by atoms with Crippen molar-refractivity contribution in [3.8, 4) is 0 Å². The van der Waals surface area contributed by atoms with Crippen molar-refractivity contribution in [1.29, 1.82) is 0 Å². The van der Waals surface area contributed by atoms with E-state index in [0.717, 1.165) is 11.5 Å². The van der Waals surface area contributed by atoms with E-state index in [0.29, 0.717) is 6.54 Å². The van der Waals surface area contributed by atoms with Crippen molar-refractivity contribution >= 4 is 0 Å². The van der Waals surface area contributed by atoms with Crippen LogP contribution >= 0.6 is 0 Å². The van der Waals surface area contributed by atoms with Gasteiger partial charge in [-0.25, -0.2) is 0 Å². The third-order valence-electron chi connectivity index (χ3n) is 3.70. The van der Waals surface area contributed by atoms with Gasteiger partial charge in [-0.2, -0.15) is 0 Å². The van der Waals surface area contributed by atoms with Crippen molar-refractivity contribution in [2.75, 3.05) is 0 Å². The van der Waals surface area contributed by atoms with Gasteiger partial charge in [0.15, 0.2) is 5.76 Å². The van der Waals surface area contributed by atoms with Gasteiger partial charge >= 0.3 is 0 Å². The van der Waals surface area contributed by atoms with Crippen LogP contribution in [0.4, 0.5) is 0 Å². The van der Waals surface area contributed by atoms with Gasteiger partial charge in [0, 0.05) is 6.07 Å². The van der Waals surface area contributed by atoms with Gasteiger partial charge in [-0.15, -0.1) is 0 Å². The Morgan fingerprint density at radius 3 is 2.27 bits per heavy atom. The molecule has 1 atom stereocenters. The Bertz CT molecular complexity index is 717. The molecule has 1 unspecified atom stereocenters. The molecule has 0 spiro atoms. The molecule has 2 aromatic carbocycles. The number of nitrogens with zero attached hydrogens (tertiary/aromatic N) is 1. The topological polar surface area (TPSA) is 38.1 Å².